The van der Waals surface area contributed by atoms with Crippen LogP contribution in [0.15, 0.2) is 24.3 Å². The molecule has 68 valence electrons. The number of phenols is 1. The third-order valence-corrected chi connectivity index (χ3v) is 2.29. The maximum Gasteiger partial charge on any atom is 0.220 e. The Morgan fingerprint density at radius 2 is 2.00 bits per heavy atom. The highest BCUT2D eigenvalue weighted by atomic mass is 16.3. The molecule has 0 aromatic heterocycles. The van der Waals surface area contributed by atoms with Gasteiger partial charge in [0.15, 0.2) is 0 Å². The Kier molecular flexibility index (Phi) is 1.93. The van der Waals surface area contributed by atoms with Crippen molar-refractivity contribution in [1.82, 2.24) is 5.32 Å². The zero-order chi connectivity index (χ0) is 9.26. The lowest BCUT2D eigenvalue weighted by Crippen LogP contribution is -2.17. The molecule has 1 heterocycles. The summed E-state index contributed by atoms with van der Waals surface area (Å²) in [4.78, 5) is 10.9. The summed E-state index contributed by atoms with van der Waals surface area (Å²) >= 11 is 0. The number of rotatable bonds is 1. The van der Waals surface area contributed by atoms with Crippen LogP contribution in [-0.4, -0.2) is 11.0 Å². The van der Waals surface area contributed by atoms with Gasteiger partial charge in [-0.3, -0.25) is 4.79 Å². The number of aromatic hydroxyl groups is 1. The number of amides is 1. The molecule has 1 aliphatic heterocycles. The Morgan fingerprint density at radius 1 is 1.31 bits per heavy atom. The molecule has 0 radical (unpaired) electrons. The van der Waals surface area contributed by atoms with E-state index in [2.05, 4.69) is 5.32 Å². The lowest BCUT2D eigenvalue weighted by Gasteiger charge is -2.09. The van der Waals surface area contributed by atoms with Crippen LogP contribution in [0.5, 0.6) is 5.75 Å². The predicted molar refractivity (Wildman–Crippen MR) is 48.2 cm³/mol. The van der Waals surface area contributed by atoms with E-state index in [1.165, 1.54) is 0 Å². The van der Waals surface area contributed by atoms with Crippen LogP contribution in [0.25, 0.3) is 0 Å². The van der Waals surface area contributed by atoms with Gasteiger partial charge in [-0.05, 0) is 24.1 Å². The number of carbonyl (C=O) groups excluding carboxylic acids is 1. The lowest BCUT2D eigenvalue weighted by molar-refractivity contribution is -0.119. The smallest absolute Gasteiger partial charge is 0.220 e. The Hall–Kier alpha value is -1.51. The van der Waals surface area contributed by atoms with Crippen molar-refractivity contribution in [1.29, 1.82) is 0 Å². The van der Waals surface area contributed by atoms with Crippen molar-refractivity contribution in [2.24, 2.45) is 0 Å². The van der Waals surface area contributed by atoms with Crippen molar-refractivity contribution in [3.05, 3.63) is 29.8 Å². The molecule has 1 amide bonds. The van der Waals surface area contributed by atoms with Gasteiger partial charge in [0.1, 0.15) is 5.75 Å². The van der Waals surface area contributed by atoms with Crippen molar-refractivity contribution in [2.75, 3.05) is 0 Å². The van der Waals surface area contributed by atoms with Crippen LogP contribution in [0.2, 0.25) is 0 Å². The maximum atomic E-state index is 10.9. The molecule has 3 heteroatoms. The van der Waals surface area contributed by atoms with Crippen LogP contribution < -0.4 is 5.32 Å². The van der Waals surface area contributed by atoms with Crippen LogP contribution in [0.3, 0.4) is 0 Å². The van der Waals surface area contributed by atoms with Crippen LogP contribution in [0.1, 0.15) is 24.4 Å². The topological polar surface area (TPSA) is 49.3 Å². The zero-order valence-electron chi connectivity index (χ0n) is 7.16. The molecule has 3 nitrogen and oxygen atoms in total. The summed E-state index contributed by atoms with van der Waals surface area (Å²) in [5.41, 5.74) is 1.06. The van der Waals surface area contributed by atoms with Crippen LogP contribution in [0.4, 0.5) is 0 Å². The molecule has 0 aliphatic carbocycles. The van der Waals surface area contributed by atoms with E-state index in [4.69, 9.17) is 5.11 Å². The monoisotopic (exact) mass is 177 g/mol. The number of hydrogen-bond acceptors (Lipinski definition) is 2. The Balaban J connectivity index is 2.17. The number of phenolic OH excluding ortho intramolecular Hbond substituents is 1. The number of benzene rings is 1. The quantitative estimate of drug-likeness (QED) is 0.680. The standard InChI is InChI=1S/C10H11NO2/c12-8-3-1-7(2-4-8)9-5-6-10(13)11-9/h1-4,9,12H,5-6H2,(H,11,13). The van der Waals surface area contributed by atoms with Gasteiger partial charge in [-0.15, -0.1) is 0 Å². The minimum atomic E-state index is 0.109. The molecule has 1 aromatic rings. The Morgan fingerprint density at radius 3 is 2.54 bits per heavy atom. The highest BCUT2D eigenvalue weighted by Gasteiger charge is 2.21. The molecular formula is C10H11NO2. The fourth-order valence-electron chi connectivity index (χ4n) is 1.57. The minimum Gasteiger partial charge on any atom is -0.508 e. The summed E-state index contributed by atoms with van der Waals surface area (Å²) in [7, 11) is 0. The zero-order valence-corrected chi connectivity index (χ0v) is 7.16. The molecular weight excluding hydrogens is 166 g/mol. The van der Waals surface area contributed by atoms with Gasteiger partial charge in [0.25, 0.3) is 0 Å². The first-order valence-electron chi connectivity index (χ1n) is 4.34. The number of nitrogens with one attached hydrogen (secondary N) is 1. The summed E-state index contributed by atoms with van der Waals surface area (Å²) in [5, 5.41) is 11.9. The van der Waals surface area contributed by atoms with E-state index in [0.717, 1.165) is 12.0 Å². The van der Waals surface area contributed by atoms with Crippen molar-refractivity contribution < 1.29 is 9.90 Å². The first-order valence-corrected chi connectivity index (χ1v) is 4.34. The third-order valence-electron chi connectivity index (χ3n) is 2.29. The third kappa shape index (κ3) is 1.64. The van der Waals surface area contributed by atoms with Crippen LogP contribution in [0, 0.1) is 0 Å². The van der Waals surface area contributed by atoms with Gasteiger partial charge in [0, 0.05) is 6.42 Å². The molecule has 1 atom stereocenters. The molecule has 1 fully saturated rings. The summed E-state index contributed by atoms with van der Waals surface area (Å²) in [6.07, 6.45) is 1.45. The van der Waals surface area contributed by atoms with Gasteiger partial charge in [-0.25, -0.2) is 0 Å². The first kappa shape index (κ1) is 8.10. The first-order chi connectivity index (χ1) is 6.25. The lowest BCUT2D eigenvalue weighted by atomic mass is 10.1. The molecule has 1 aromatic carbocycles. The molecule has 1 saturated heterocycles. The average molecular weight is 177 g/mol. The average Bonchev–Trinajstić information content (AvgIpc) is 2.53. The van der Waals surface area contributed by atoms with Crippen LogP contribution >= 0.6 is 0 Å². The second-order valence-electron chi connectivity index (χ2n) is 3.25. The Bertz CT molecular complexity index is 318. The molecule has 2 rings (SSSR count). The fourth-order valence-corrected chi connectivity index (χ4v) is 1.57. The molecule has 0 spiro atoms. The summed E-state index contributed by atoms with van der Waals surface area (Å²) in [6, 6.07) is 7.09. The van der Waals surface area contributed by atoms with Crippen molar-refractivity contribution in [2.45, 2.75) is 18.9 Å². The molecule has 2 N–H and O–H groups in total. The number of hydrogen-bond donors (Lipinski definition) is 2. The van der Waals surface area contributed by atoms with Gasteiger partial charge in [0.2, 0.25) is 5.91 Å². The van der Waals surface area contributed by atoms with E-state index >= 15 is 0 Å². The maximum absolute atomic E-state index is 10.9. The van der Waals surface area contributed by atoms with E-state index in [1.807, 2.05) is 12.1 Å². The van der Waals surface area contributed by atoms with E-state index in [0.29, 0.717) is 6.42 Å². The normalized spacial score (nSPS) is 21.5. The highest BCUT2D eigenvalue weighted by molar-refractivity contribution is 5.78. The van der Waals surface area contributed by atoms with Gasteiger partial charge in [0.05, 0.1) is 6.04 Å². The van der Waals surface area contributed by atoms with Crippen LogP contribution in [-0.2, 0) is 4.79 Å². The van der Waals surface area contributed by atoms with E-state index in [9.17, 15) is 4.79 Å². The largest absolute Gasteiger partial charge is 0.508 e. The molecule has 0 saturated carbocycles. The molecule has 0 bridgehead atoms. The van der Waals surface area contributed by atoms with E-state index in [1.54, 1.807) is 12.1 Å². The second-order valence-corrected chi connectivity index (χ2v) is 3.25. The van der Waals surface area contributed by atoms with Gasteiger partial charge < -0.3 is 10.4 Å². The second kappa shape index (κ2) is 3.09. The predicted octanol–water partition coefficient (Wildman–Crippen LogP) is 1.34. The molecule has 1 aliphatic rings. The van der Waals surface area contributed by atoms with Gasteiger partial charge in [-0.1, -0.05) is 12.1 Å². The minimum absolute atomic E-state index is 0.109. The van der Waals surface area contributed by atoms with Crippen molar-refractivity contribution in [3.8, 4) is 5.75 Å². The summed E-state index contributed by atoms with van der Waals surface area (Å²) in [6.45, 7) is 0. The molecule has 1 unspecified atom stereocenters. The van der Waals surface area contributed by atoms with Gasteiger partial charge >= 0.3 is 0 Å². The van der Waals surface area contributed by atoms with E-state index < -0.39 is 0 Å². The highest BCUT2D eigenvalue weighted by Crippen LogP contribution is 2.24. The van der Waals surface area contributed by atoms with Gasteiger partial charge in [-0.2, -0.15) is 0 Å². The fraction of sp³-hybridized carbons (Fsp3) is 0.300. The summed E-state index contributed by atoms with van der Waals surface area (Å²) < 4.78 is 0. The number of carbonyl (C=O) groups is 1. The molecule has 13 heavy (non-hydrogen) atoms. The van der Waals surface area contributed by atoms with Crippen molar-refractivity contribution >= 4 is 5.91 Å². The Labute approximate surface area is 76.4 Å². The van der Waals surface area contributed by atoms with Crippen molar-refractivity contribution in [3.63, 3.8) is 0 Å². The van der Waals surface area contributed by atoms with E-state index in [-0.39, 0.29) is 17.7 Å². The SMILES string of the molecule is O=C1CCC(c2ccc(O)cc2)N1. The summed E-state index contributed by atoms with van der Waals surface area (Å²) in [5.74, 6) is 0.367.